The van der Waals surface area contributed by atoms with Gasteiger partial charge in [0, 0.05) is 43.3 Å². The molecule has 1 aliphatic rings. The molecule has 0 atom stereocenters. The predicted molar refractivity (Wildman–Crippen MR) is 115 cm³/mol. The van der Waals surface area contributed by atoms with E-state index in [4.69, 9.17) is 34.8 Å². The molecule has 1 fully saturated rings. The summed E-state index contributed by atoms with van der Waals surface area (Å²) in [7, 11) is 0. The van der Waals surface area contributed by atoms with E-state index in [0.29, 0.717) is 45.8 Å². The van der Waals surface area contributed by atoms with Gasteiger partial charge in [0.15, 0.2) is 0 Å². The maximum absolute atomic E-state index is 12.5. The van der Waals surface area contributed by atoms with E-state index in [1.54, 1.807) is 24.3 Å². The summed E-state index contributed by atoms with van der Waals surface area (Å²) in [4.78, 5) is 28.3. The fourth-order valence-electron chi connectivity index (χ4n) is 3.13. The van der Waals surface area contributed by atoms with Crippen molar-refractivity contribution in [1.29, 1.82) is 0 Å². The molecule has 0 aromatic heterocycles. The summed E-state index contributed by atoms with van der Waals surface area (Å²) in [6.07, 6.45) is 0.520. The van der Waals surface area contributed by atoms with Gasteiger partial charge in [-0.2, -0.15) is 0 Å². The van der Waals surface area contributed by atoms with E-state index in [1.807, 2.05) is 17.9 Å². The number of carbonyl (C=O) groups excluding carboxylic acids is 2. The monoisotopic (exact) mass is 439 g/mol. The molecule has 2 amide bonds. The number of carbonyl (C=O) groups is 2. The second kappa shape index (κ2) is 9.03. The van der Waals surface area contributed by atoms with Crippen LogP contribution in [0.3, 0.4) is 0 Å². The first kappa shape index (κ1) is 20.8. The van der Waals surface area contributed by atoms with Crippen LogP contribution in [0.5, 0.6) is 0 Å². The molecule has 5 nitrogen and oxygen atoms in total. The summed E-state index contributed by atoms with van der Waals surface area (Å²) >= 11 is 18.5. The summed E-state index contributed by atoms with van der Waals surface area (Å²) in [5, 5.41) is 4.08. The number of benzene rings is 2. The summed E-state index contributed by atoms with van der Waals surface area (Å²) in [5.41, 5.74) is 1.74. The minimum Gasteiger partial charge on any atom is -0.367 e. The van der Waals surface area contributed by atoms with E-state index < -0.39 is 0 Å². The lowest BCUT2D eigenvalue weighted by Crippen LogP contribution is -2.48. The van der Waals surface area contributed by atoms with Crippen LogP contribution in [0, 0.1) is 0 Å². The van der Waals surface area contributed by atoms with Gasteiger partial charge in [0.25, 0.3) is 5.91 Å². The van der Waals surface area contributed by atoms with E-state index >= 15 is 0 Å². The van der Waals surface area contributed by atoms with Crippen molar-refractivity contribution >= 4 is 58.0 Å². The molecule has 0 aliphatic carbocycles. The topological polar surface area (TPSA) is 52.7 Å². The summed E-state index contributed by atoms with van der Waals surface area (Å²) in [6.45, 7) is 4.66. The molecule has 1 aliphatic heterocycles. The lowest BCUT2D eigenvalue weighted by molar-refractivity contribution is -0.131. The molecule has 28 heavy (non-hydrogen) atoms. The Morgan fingerprint density at radius 3 is 2.32 bits per heavy atom. The molecule has 2 aromatic rings. The van der Waals surface area contributed by atoms with Crippen molar-refractivity contribution in [3.63, 3.8) is 0 Å². The van der Waals surface area contributed by atoms with Crippen LogP contribution < -0.4 is 10.2 Å². The van der Waals surface area contributed by atoms with E-state index in [0.717, 1.165) is 18.8 Å². The molecular weight excluding hydrogens is 421 g/mol. The molecule has 0 spiro atoms. The fraction of sp³-hybridized carbons (Fsp3) is 0.300. The molecule has 1 saturated heterocycles. The lowest BCUT2D eigenvalue weighted by atomic mass is 10.2. The summed E-state index contributed by atoms with van der Waals surface area (Å²) < 4.78 is 0. The van der Waals surface area contributed by atoms with Crippen molar-refractivity contribution in [2.45, 2.75) is 13.3 Å². The first-order chi connectivity index (χ1) is 13.4. The number of amides is 2. The average molecular weight is 441 g/mol. The highest BCUT2D eigenvalue weighted by molar-refractivity contribution is 6.36. The third-order valence-electron chi connectivity index (χ3n) is 4.65. The van der Waals surface area contributed by atoms with Crippen molar-refractivity contribution in [2.75, 3.05) is 36.4 Å². The standard InChI is InChI=1S/C20H20Cl3N3O2/c1-2-19(27)26-9-7-25(8-10-26)18-6-4-14(12-17(18)23)24-20(28)15-11-13(21)3-5-16(15)22/h3-6,11-12H,2,7-10H2,1H3,(H,24,28). The number of piperazine rings is 1. The lowest BCUT2D eigenvalue weighted by Gasteiger charge is -2.36. The molecule has 2 aromatic carbocycles. The molecule has 3 rings (SSSR count). The Morgan fingerprint density at radius 1 is 0.964 bits per heavy atom. The molecule has 0 unspecified atom stereocenters. The normalized spacial score (nSPS) is 14.1. The summed E-state index contributed by atoms with van der Waals surface area (Å²) in [6, 6.07) is 10.1. The van der Waals surface area contributed by atoms with Crippen molar-refractivity contribution in [1.82, 2.24) is 4.90 Å². The zero-order valence-electron chi connectivity index (χ0n) is 15.3. The predicted octanol–water partition coefficient (Wildman–Crippen LogP) is 4.96. The zero-order chi connectivity index (χ0) is 20.3. The zero-order valence-corrected chi connectivity index (χ0v) is 17.6. The van der Waals surface area contributed by atoms with Gasteiger partial charge in [0.1, 0.15) is 0 Å². The second-order valence-electron chi connectivity index (χ2n) is 6.47. The van der Waals surface area contributed by atoms with Crippen molar-refractivity contribution < 1.29 is 9.59 Å². The van der Waals surface area contributed by atoms with E-state index in [1.165, 1.54) is 6.07 Å². The second-order valence-corrected chi connectivity index (χ2v) is 7.72. The molecule has 0 radical (unpaired) electrons. The van der Waals surface area contributed by atoms with Crippen molar-refractivity contribution in [2.24, 2.45) is 0 Å². The SMILES string of the molecule is CCC(=O)N1CCN(c2ccc(NC(=O)c3cc(Cl)ccc3Cl)cc2Cl)CC1. The highest BCUT2D eigenvalue weighted by atomic mass is 35.5. The van der Waals surface area contributed by atoms with Crippen LogP contribution in [-0.2, 0) is 4.79 Å². The minimum atomic E-state index is -0.358. The number of halogens is 3. The summed E-state index contributed by atoms with van der Waals surface area (Å²) in [5.74, 6) is -0.188. The van der Waals surface area contributed by atoms with Gasteiger partial charge >= 0.3 is 0 Å². The quantitative estimate of drug-likeness (QED) is 0.731. The van der Waals surface area contributed by atoms with Gasteiger partial charge in [-0.1, -0.05) is 41.7 Å². The molecule has 8 heteroatoms. The van der Waals surface area contributed by atoms with Crippen molar-refractivity contribution in [3.05, 3.63) is 57.0 Å². The number of nitrogens with zero attached hydrogens (tertiary/aromatic N) is 2. The number of hydrogen-bond acceptors (Lipinski definition) is 3. The van der Waals surface area contributed by atoms with E-state index in [-0.39, 0.29) is 11.8 Å². The minimum absolute atomic E-state index is 0.170. The molecule has 0 bridgehead atoms. The Labute approximate surface area is 179 Å². The Hall–Kier alpha value is -1.95. The number of hydrogen-bond donors (Lipinski definition) is 1. The molecule has 0 saturated carbocycles. The van der Waals surface area contributed by atoms with Gasteiger partial charge in [-0.25, -0.2) is 0 Å². The molecular formula is C20H20Cl3N3O2. The van der Waals surface area contributed by atoms with Crippen LogP contribution in [0.15, 0.2) is 36.4 Å². The van der Waals surface area contributed by atoms with Gasteiger partial charge in [-0.05, 0) is 36.4 Å². The van der Waals surface area contributed by atoms with Crippen molar-refractivity contribution in [3.8, 4) is 0 Å². The largest absolute Gasteiger partial charge is 0.367 e. The fourth-order valence-corrected chi connectivity index (χ4v) is 3.81. The van der Waals surface area contributed by atoms with Gasteiger partial charge < -0.3 is 15.1 Å². The van der Waals surface area contributed by atoms with E-state index in [9.17, 15) is 9.59 Å². The Kier molecular flexibility index (Phi) is 6.70. The third kappa shape index (κ3) is 4.72. The van der Waals surface area contributed by atoms with Crippen LogP contribution in [-0.4, -0.2) is 42.9 Å². The highest BCUT2D eigenvalue weighted by Crippen LogP contribution is 2.30. The Morgan fingerprint density at radius 2 is 1.68 bits per heavy atom. The molecule has 1 heterocycles. The smallest absolute Gasteiger partial charge is 0.257 e. The third-order valence-corrected chi connectivity index (χ3v) is 5.52. The molecule has 1 N–H and O–H groups in total. The Bertz CT molecular complexity index is 896. The van der Waals surface area contributed by atoms with Crippen LogP contribution in [0.1, 0.15) is 23.7 Å². The van der Waals surface area contributed by atoms with Crippen LogP contribution in [0.4, 0.5) is 11.4 Å². The molecule has 148 valence electrons. The number of rotatable bonds is 4. The average Bonchev–Trinajstić information content (AvgIpc) is 2.69. The number of nitrogens with one attached hydrogen (secondary N) is 1. The maximum atomic E-state index is 12.5. The van der Waals surface area contributed by atoms with Crippen LogP contribution in [0.25, 0.3) is 0 Å². The van der Waals surface area contributed by atoms with Gasteiger partial charge in [0.2, 0.25) is 5.91 Å². The Balaban J connectivity index is 1.68. The first-order valence-electron chi connectivity index (χ1n) is 8.97. The van der Waals surface area contributed by atoms with Crippen LogP contribution >= 0.6 is 34.8 Å². The first-order valence-corrected chi connectivity index (χ1v) is 10.1. The van der Waals surface area contributed by atoms with Gasteiger partial charge in [0.05, 0.1) is 21.3 Å². The van der Waals surface area contributed by atoms with Crippen LogP contribution in [0.2, 0.25) is 15.1 Å². The van der Waals surface area contributed by atoms with E-state index in [2.05, 4.69) is 10.2 Å². The van der Waals surface area contributed by atoms with Gasteiger partial charge in [-0.3, -0.25) is 9.59 Å². The van der Waals surface area contributed by atoms with Gasteiger partial charge in [-0.15, -0.1) is 0 Å². The number of anilines is 2. The maximum Gasteiger partial charge on any atom is 0.257 e. The highest BCUT2D eigenvalue weighted by Gasteiger charge is 2.21.